The summed E-state index contributed by atoms with van der Waals surface area (Å²) in [5.41, 5.74) is -0.858. The van der Waals surface area contributed by atoms with Crippen LogP contribution in [-0.2, 0) is 9.47 Å². The van der Waals surface area contributed by atoms with Gasteiger partial charge in [-0.1, -0.05) is 0 Å². The van der Waals surface area contributed by atoms with E-state index >= 15 is 0 Å². The second kappa shape index (κ2) is 3.15. The zero-order valence-corrected chi connectivity index (χ0v) is 10.2. The van der Waals surface area contributed by atoms with Gasteiger partial charge in [-0.15, -0.1) is 0 Å². The van der Waals surface area contributed by atoms with Crippen LogP contribution in [-0.4, -0.2) is 40.4 Å². The van der Waals surface area contributed by atoms with E-state index in [2.05, 4.69) is 22.6 Å². The van der Waals surface area contributed by atoms with Crippen LogP contribution in [0, 0.1) is 0 Å². The summed E-state index contributed by atoms with van der Waals surface area (Å²) in [6.07, 6.45) is -0.189. The van der Waals surface area contributed by atoms with Gasteiger partial charge in [-0.25, -0.2) is 0 Å². The molecule has 2 aliphatic rings. The summed E-state index contributed by atoms with van der Waals surface area (Å²) in [5.74, 6) is -0.699. The molecule has 0 aromatic carbocycles. The van der Waals surface area contributed by atoms with Crippen molar-refractivity contribution in [1.82, 2.24) is 0 Å². The number of aliphatic hydroxyl groups is 2. The van der Waals surface area contributed by atoms with E-state index in [9.17, 15) is 10.2 Å². The first kappa shape index (κ1) is 10.8. The Hall–Kier alpha value is 0.310. The van der Waals surface area contributed by atoms with Gasteiger partial charge in [0.1, 0.15) is 12.2 Å². The number of ether oxygens (including phenoxy) is 2. The molecule has 2 rings (SSSR count). The molecule has 1 aliphatic heterocycles. The SMILES string of the molecule is CC1(C)OC[C@]2(O1)C(I)=C[C@H](O)[C@H]2O. The van der Waals surface area contributed by atoms with Crippen molar-refractivity contribution in [2.75, 3.05) is 6.61 Å². The minimum atomic E-state index is -0.934. The summed E-state index contributed by atoms with van der Waals surface area (Å²) in [6, 6.07) is 0. The van der Waals surface area contributed by atoms with Crippen molar-refractivity contribution < 1.29 is 19.7 Å². The minimum Gasteiger partial charge on any atom is -0.387 e. The second-order valence-corrected chi connectivity index (χ2v) is 5.29. The Bertz CT molecular complexity index is 289. The van der Waals surface area contributed by atoms with Crippen LogP contribution >= 0.6 is 22.6 Å². The number of halogens is 1. The lowest BCUT2D eigenvalue weighted by molar-refractivity contribution is -0.175. The van der Waals surface area contributed by atoms with Gasteiger partial charge in [0, 0.05) is 3.58 Å². The fraction of sp³-hybridized carbons (Fsp3) is 0.778. The highest BCUT2D eigenvalue weighted by Crippen LogP contribution is 2.46. The molecule has 0 radical (unpaired) electrons. The molecule has 0 aromatic rings. The van der Waals surface area contributed by atoms with Crippen molar-refractivity contribution in [3.63, 3.8) is 0 Å². The standard InChI is InChI=1S/C9H13IO4/c1-8(2)13-4-9(14-8)6(10)3-5(11)7(9)12/h3,5,7,11-12H,4H2,1-2H3/t5-,7+,9-/m0/s1. The van der Waals surface area contributed by atoms with Crippen molar-refractivity contribution in [3.8, 4) is 0 Å². The molecule has 1 fully saturated rings. The summed E-state index contributed by atoms with van der Waals surface area (Å²) in [4.78, 5) is 0. The van der Waals surface area contributed by atoms with Crippen molar-refractivity contribution in [1.29, 1.82) is 0 Å². The van der Waals surface area contributed by atoms with Crippen LogP contribution in [0.4, 0.5) is 0 Å². The highest BCUT2D eigenvalue weighted by Gasteiger charge is 2.57. The lowest BCUT2D eigenvalue weighted by Crippen LogP contribution is -2.47. The highest BCUT2D eigenvalue weighted by molar-refractivity contribution is 14.1. The number of hydrogen-bond donors (Lipinski definition) is 2. The van der Waals surface area contributed by atoms with E-state index in [0.29, 0.717) is 0 Å². The summed E-state index contributed by atoms with van der Waals surface area (Å²) < 4.78 is 11.9. The average Bonchev–Trinajstić information content (AvgIpc) is 2.49. The van der Waals surface area contributed by atoms with Gasteiger partial charge < -0.3 is 19.7 Å². The lowest BCUT2D eigenvalue weighted by atomic mass is 10.0. The summed E-state index contributed by atoms with van der Waals surface area (Å²) >= 11 is 2.07. The molecule has 14 heavy (non-hydrogen) atoms. The zero-order chi connectivity index (χ0) is 10.6. The van der Waals surface area contributed by atoms with Gasteiger partial charge in [-0.05, 0) is 42.5 Å². The van der Waals surface area contributed by atoms with E-state index in [4.69, 9.17) is 9.47 Å². The van der Waals surface area contributed by atoms with Crippen molar-refractivity contribution in [3.05, 3.63) is 9.66 Å². The zero-order valence-electron chi connectivity index (χ0n) is 8.03. The predicted molar refractivity (Wildman–Crippen MR) is 58.0 cm³/mol. The van der Waals surface area contributed by atoms with Gasteiger partial charge in [-0.2, -0.15) is 0 Å². The van der Waals surface area contributed by atoms with E-state index in [1.807, 2.05) is 0 Å². The first-order chi connectivity index (χ1) is 6.37. The molecular weight excluding hydrogens is 299 g/mol. The fourth-order valence-electron chi connectivity index (χ4n) is 1.84. The van der Waals surface area contributed by atoms with E-state index in [0.717, 1.165) is 3.58 Å². The van der Waals surface area contributed by atoms with E-state index < -0.39 is 23.6 Å². The number of hydrogen-bond acceptors (Lipinski definition) is 4. The molecule has 2 N–H and O–H groups in total. The quantitative estimate of drug-likeness (QED) is 0.642. The van der Waals surface area contributed by atoms with Gasteiger partial charge >= 0.3 is 0 Å². The molecule has 4 nitrogen and oxygen atoms in total. The topological polar surface area (TPSA) is 58.9 Å². The molecule has 80 valence electrons. The largest absolute Gasteiger partial charge is 0.387 e. The van der Waals surface area contributed by atoms with Crippen molar-refractivity contribution >= 4 is 22.6 Å². The summed E-state index contributed by atoms with van der Waals surface area (Å²) in [5, 5.41) is 19.3. The Morgan fingerprint density at radius 3 is 2.50 bits per heavy atom. The third-order valence-corrected chi connectivity index (χ3v) is 3.86. The Kier molecular flexibility index (Phi) is 2.43. The van der Waals surface area contributed by atoms with Crippen LogP contribution in [0.2, 0.25) is 0 Å². The molecule has 1 heterocycles. The number of aliphatic hydroxyl groups excluding tert-OH is 2. The first-order valence-corrected chi connectivity index (χ1v) is 5.53. The molecule has 0 unspecified atom stereocenters. The van der Waals surface area contributed by atoms with Crippen LogP contribution < -0.4 is 0 Å². The number of rotatable bonds is 0. The molecule has 5 heteroatoms. The van der Waals surface area contributed by atoms with Crippen LogP contribution in [0.5, 0.6) is 0 Å². The monoisotopic (exact) mass is 312 g/mol. The third kappa shape index (κ3) is 1.42. The maximum atomic E-state index is 9.84. The van der Waals surface area contributed by atoms with Crippen LogP contribution in [0.3, 0.4) is 0 Å². The van der Waals surface area contributed by atoms with Crippen molar-refractivity contribution in [2.45, 2.75) is 37.4 Å². The van der Waals surface area contributed by atoms with E-state index in [1.165, 1.54) is 0 Å². The lowest BCUT2D eigenvalue weighted by Gasteiger charge is -2.29. The van der Waals surface area contributed by atoms with Gasteiger partial charge in [0.05, 0.1) is 6.61 Å². The predicted octanol–water partition coefficient (Wildman–Crippen LogP) is 0.562. The third-order valence-electron chi connectivity index (χ3n) is 2.58. The fourth-order valence-corrected chi connectivity index (χ4v) is 2.79. The van der Waals surface area contributed by atoms with Crippen molar-refractivity contribution in [2.24, 2.45) is 0 Å². The maximum Gasteiger partial charge on any atom is 0.164 e. The first-order valence-electron chi connectivity index (χ1n) is 4.45. The Morgan fingerprint density at radius 2 is 2.14 bits per heavy atom. The van der Waals surface area contributed by atoms with Gasteiger partial charge in [-0.3, -0.25) is 0 Å². The Balaban J connectivity index is 2.30. The second-order valence-electron chi connectivity index (χ2n) is 4.13. The van der Waals surface area contributed by atoms with Crippen LogP contribution in [0.25, 0.3) is 0 Å². The Morgan fingerprint density at radius 1 is 1.50 bits per heavy atom. The van der Waals surface area contributed by atoms with Gasteiger partial charge in [0.15, 0.2) is 11.4 Å². The molecule has 1 aliphatic carbocycles. The molecular formula is C9H13IO4. The molecule has 0 amide bonds. The van der Waals surface area contributed by atoms with Gasteiger partial charge in [0.25, 0.3) is 0 Å². The smallest absolute Gasteiger partial charge is 0.164 e. The summed E-state index contributed by atoms with van der Waals surface area (Å²) in [7, 11) is 0. The molecule has 0 saturated carbocycles. The molecule has 0 bridgehead atoms. The van der Waals surface area contributed by atoms with Crippen LogP contribution in [0.1, 0.15) is 13.8 Å². The molecule has 3 atom stereocenters. The van der Waals surface area contributed by atoms with E-state index in [-0.39, 0.29) is 6.61 Å². The van der Waals surface area contributed by atoms with Crippen LogP contribution in [0.15, 0.2) is 9.66 Å². The molecule has 1 spiro atoms. The Labute approximate surface area is 96.0 Å². The molecule has 1 saturated heterocycles. The minimum absolute atomic E-state index is 0.285. The average molecular weight is 312 g/mol. The van der Waals surface area contributed by atoms with E-state index in [1.54, 1.807) is 19.9 Å². The normalized spacial score (nSPS) is 45.9. The maximum absolute atomic E-state index is 9.84. The van der Waals surface area contributed by atoms with Gasteiger partial charge in [0.2, 0.25) is 0 Å². The highest BCUT2D eigenvalue weighted by atomic mass is 127. The summed E-state index contributed by atoms with van der Waals surface area (Å²) in [6.45, 7) is 3.87. The molecule has 0 aromatic heterocycles.